The number of ketones is 1. The van der Waals surface area contributed by atoms with Gasteiger partial charge in [-0.25, -0.2) is 9.97 Å². The molecule has 2 rings (SSSR count). The summed E-state index contributed by atoms with van der Waals surface area (Å²) in [5.74, 6) is 1.99. The Balaban J connectivity index is 2.22. The van der Waals surface area contributed by atoms with E-state index in [1.807, 2.05) is 18.0 Å². The molecule has 1 aromatic rings. The average Bonchev–Trinajstić information content (AvgIpc) is 2.74. The predicted octanol–water partition coefficient (Wildman–Crippen LogP) is 1.49. The van der Waals surface area contributed by atoms with Gasteiger partial charge in [-0.3, -0.25) is 4.79 Å². The summed E-state index contributed by atoms with van der Waals surface area (Å²) in [4.78, 5) is 24.0. The normalized spacial score (nSPS) is 16.2. The standard InChI is InChI=1S/C13H20N4O/c1-13(2,3)16(4)11-7-12(15-9-14-11)17-6-5-10(18)8-17/h7,9H,5-6,8H2,1-4H3. The first-order chi connectivity index (χ1) is 8.38. The highest BCUT2D eigenvalue weighted by atomic mass is 16.1. The number of carbonyl (C=O) groups is 1. The maximum atomic E-state index is 11.3. The summed E-state index contributed by atoms with van der Waals surface area (Å²) in [5, 5.41) is 0. The lowest BCUT2D eigenvalue weighted by Crippen LogP contribution is -2.38. The molecule has 2 heterocycles. The Morgan fingerprint density at radius 2 is 2.06 bits per heavy atom. The number of aromatic nitrogens is 2. The molecule has 0 N–H and O–H groups in total. The highest BCUT2D eigenvalue weighted by Gasteiger charge is 2.23. The van der Waals surface area contributed by atoms with Crippen molar-refractivity contribution in [2.75, 3.05) is 29.9 Å². The minimum atomic E-state index is 0.00640. The van der Waals surface area contributed by atoms with E-state index in [0.29, 0.717) is 13.0 Å². The molecule has 0 radical (unpaired) electrons. The molecule has 1 aliphatic heterocycles. The van der Waals surface area contributed by atoms with Gasteiger partial charge in [0.05, 0.1) is 6.54 Å². The second-order valence-corrected chi connectivity index (χ2v) is 5.67. The van der Waals surface area contributed by atoms with Crippen LogP contribution in [0.3, 0.4) is 0 Å². The van der Waals surface area contributed by atoms with Crippen LogP contribution in [0.25, 0.3) is 0 Å². The van der Waals surface area contributed by atoms with Gasteiger partial charge in [0, 0.05) is 31.6 Å². The van der Waals surface area contributed by atoms with Gasteiger partial charge in [-0.1, -0.05) is 0 Å². The smallest absolute Gasteiger partial charge is 0.153 e. The van der Waals surface area contributed by atoms with E-state index in [4.69, 9.17) is 0 Å². The summed E-state index contributed by atoms with van der Waals surface area (Å²) >= 11 is 0. The van der Waals surface area contributed by atoms with Gasteiger partial charge in [-0.2, -0.15) is 0 Å². The van der Waals surface area contributed by atoms with E-state index in [0.717, 1.165) is 18.2 Å². The minimum Gasteiger partial charge on any atom is -0.355 e. The zero-order valence-electron chi connectivity index (χ0n) is 11.5. The van der Waals surface area contributed by atoms with Crippen LogP contribution in [0.15, 0.2) is 12.4 Å². The van der Waals surface area contributed by atoms with Gasteiger partial charge in [0.1, 0.15) is 18.0 Å². The third kappa shape index (κ3) is 2.60. The lowest BCUT2D eigenvalue weighted by molar-refractivity contribution is -0.116. The van der Waals surface area contributed by atoms with Crippen LogP contribution in [-0.4, -0.2) is 41.4 Å². The summed E-state index contributed by atoms with van der Waals surface area (Å²) in [6.45, 7) is 7.63. The van der Waals surface area contributed by atoms with Crippen molar-refractivity contribution >= 4 is 17.4 Å². The van der Waals surface area contributed by atoms with Crippen LogP contribution in [-0.2, 0) is 4.79 Å². The molecule has 0 atom stereocenters. The summed E-state index contributed by atoms with van der Waals surface area (Å²) in [6, 6.07) is 1.95. The zero-order chi connectivity index (χ0) is 13.3. The van der Waals surface area contributed by atoms with Crippen LogP contribution in [0.2, 0.25) is 0 Å². The molecule has 0 saturated carbocycles. The second kappa shape index (κ2) is 4.55. The number of hydrogen-bond donors (Lipinski definition) is 0. The lowest BCUT2D eigenvalue weighted by Gasteiger charge is -2.33. The number of carbonyl (C=O) groups excluding carboxylic acids is 1. The number of nitrogens with zero attached hydrogens (tertiary/aromatic N) is 4. The molecule has 0 amide bonds. The number of anilines is 2. The van der Waals surface area contributed by atoms with E-state index >= 15 is 0 Å². The third-order valence-electron chi connectivity index (χ3n) is 3.34. The van der Waals surface area contributed by atoms with Gasteiger partial charge < -0.3 is 9.80 Å². The second-order valence-electron chi connectivity index (χ2n) is 5.67. The van der Waals surface area contributed by atoms with Crippen LogP contribution < -0.4 is 9.80 Å². The lowest BCUT2D eigenvalue weighted by atomic mass is 10.1. The maximum Gasteiger partial charge on any atom is 0.153 e. The molecule has 1 saturated heterocycles. The van der Waals surface area contributed by atoms with Gasteiger partial charge in [0.25, 0.3) is 0 Å². The van der Waals surface area contributed by atoms with Crippen molar-refractivity contribution in [2.24, 2.45) is 0 Å². The highest BCUT2D eigenvalue weighted by Crippen LogP contribution is 2.23. The Bertz CT molecular complexity index is 453. The minimum absolute atomic E-state index is 0.00640. The first kappa shape index (κ1) is 12.8. The maximum absolute atomic E-state index is 11.3. The van der Waals surface area contributed by atoms with Crippen molar-refractivity contribution in [3.05, 3.63) is 12.4 Å². The fourth-order valence-corrected chi connectivity index (χ4v) is 1.86. The Kier molecular flexibility index (Phi) is 3.24. The van der Waals surface area contributed by atoms with Crippen LogP contribution in [0.1, 0.15) is 27.2 Å². The van der Waals surface area contributed by atoms with Crippen molar-refractivity contribution in [1.82, 2.24) is 9.97 Å². The van der Waals surface area contributed by atoms with Gasteiger partial charge in [0.2, 0.25) is 0 Å². The fourth-order valence-electron chi connectivity index (χ4n) is 1.86. The molecule has 1 aromatic heterocycles. The van der Waals surface area contributed by atoms with Crippen molar-refractivity contribution < 1.29 is 4.79 Å². The summed E-state index contributed by atoms with van der Waals surface area (Å²) < 4.78 is 0. The molecule has 0 bridgehead atoms. The third-order valence-corrected chi connectivity index (χ3v) is 3.34. The van der Waals surface area contributed by atoms with Gasteiger partial charge in [-0.15, -0.1) is 0 Å². The van der Waals surface area contributed by atoms with Gasteiger partial charge in [-0.05, 0) is 20.8 Å². The Labute approximate surface area is 108 Å². The summed E-state index contributed by atoms with van der Waals surface area (Å²) in [5.41, 5.74) is 0.00640. The van der Waals surface area contributed by atoms with Crippen molar-refractivity contribution in [3.63, 3.8) is 0 Å². The molecule has 0 unspecified atom stereocenters. The summed E-state index contributed by atoms with van der Waals surface area (Å²) in [6.07, 6.45) is 2.18. The molecular formula is C13H20N4O. The van der Waals surface area contributed by atoms with Crippen LogP contribution >= 0.6 is 0 Å². The predicted molar refractivity (Wildman–Crippen MR) is 72.0 cm³/mol. The Morgan fingerprint density at radius 3 is 2.61 bits per heavy atom. The molecule has 0 aliphatic carbocycles. The van der Waals surface area contributed by atoms with Crippen molar-refractivity contribution in [2.45, 2.75) is 32.7 Å². The highest BCUT2D eigenvalue weighted by molar-refractivity contribution is 5.86. The van der Waals surface area contributed by atoms with E-state index < -0.39 is 0 Å². The summed E-state index contributed by atoms with van der Waals surface area (Å²) in [7, 11) is 2.02. The topological polar surface area (TPSA) is 49.3 Å². The van der Waals surface area contributed by atoms with Crippen LogP contribution in [0.5, 0.6) is 0 Å². The number of hydrogen-bond acceptors (Lipinski definition) is 5. The van der Waals surface area contributed by atoms with Gasteiger partial charge in [0.15, 0.2) is 5.78 Å². The first-order valence-electron chi connectivity index (χ1n) is 6.20. The monoisotopic (exact) mass is 248 g/mol. The molecule has 5 nitrogen and oxygen atoms in total. The molecular weight excluding hydrogens is 228 g/mol. The van der Waals surface area contributed by atoms with Crippen molar-refractivity contribution in [1.29, 1.82) is 0 Å². The quantitative estimate of drug-likeness (QED) is 0.793. The van der Waals surface area contributed by atoms with E-state index in [1.54, 1.807) is 6.33 Å². The average molecular weight is 248 g/mol. The molecule has 0 aromatic carbocycles. The number of Topliss-reactive ketones (excluding diaryl/α,β-unsaturated/α-hetero) is 1. The largest absolute Gasteiger partial charge is 0.355 e. The van der Waals surface area contributed by atoms with Crippen LogP contribution in [0, 0.1) is 0 Å². The molecule has 98 valence electrons. The molecule has 1 aliphatic rings. The molecule has 1 fully saturated rings. The van der Waals surface area contributed by atoms with E-state index in [-0.39, 0.29) is 11.3 Å². The number of rotatable bonds is 2. The fraction of sp³-hybridized carbons (Fsp3) is 0.615. The first-order valence-corrected chi connectivity index (χ1v) is 6.20. The van der Waals surface area contributed by atoms with Gasteiger partial charge >= 0.3 is 0 Å². The molecule has 18 heavy (non-hydrogen) atoms. The molecule has 5 heteroatoms. The van der Waals surface area contributed by atoms with Crippen LogP contribution in [0.4, 0.5) is 11.6 Å². The molecule has 0 spiro atoms. The zero-order valence-corrected chi connectivity index (χ0v) is 11.5. The van der Waals surface area contributed by atoms with E-state index in [1.165, 1.54) is 0 Å². The SMILES string of the molecule is CN(c1cc(N2CCC(=O)C2)ncn1)C(C)(C)C. The Hall–Kier alpha value is -1.65. The Morgan fingerprint density at radius 1 is 1.33 bits per heavy atom. The van der Waals surface area contributed by atoms with E-state index in [9.17, 15) is 4.79 Å². The van der Waals surface area contributed by atoms with E-state index in [2.05, 4.69) is 35.6 Å². The van der Waals surface area contributed by atoms with Crippen molar-refractivity contribution in [3.8, 4) is 0 Å².